The number of thiophene rings is 1. The summed E-state index contributed by atoms with van der Waals surface area (Å²) >= 11 is 7.49. The molecule has 3 rings (SSSR count). The Morgan fingerprint density at radius 2 is 2.38 bits per heavy atom. The van der Waals surface area contributed by atoms with E-state index in [0.717, 1.165) is 11.7 Å². The van der Waals surface area contributed by atoms with Gasteiger partial charge in [0.25, 0.3) is 0 Å². The monoisotopic (exact) mass is 253 g/mol. The molecule has 4 heteroatoms. The van der Waals surface area contributed by atoms with Crippen LogP contribution < -0.4 is 0 Å². The molecule has 0 saturated heterocycles. The van der Waals surface area contributed by atoms with Crippen molar-refractivity contribution in [2.45, 2.75) is 25.7 Å². The predicted molar refractivity (Wildman–Crippen MR) is 66.3 cm³/mol. The Labute approximate surface area is 103 Å². The normalized spacial score (nSPS) is 14.3. The number of rotatable bonds is 3. The topological polar surface area (TPSA) is 26.0 Å². The van der Waals surface area contributed by atoms with E-state index in [1.807, 2.05) is 17.5 Å². The van der Waals surface area contributed by atoms with Crippen molar-refractivity contribution >= 4 is 22.9 Å². The molecule has 0 aromatic carbocycles. The van der Waals surface area contributed by atoms with Gasteiger partial charge in [-0.25, -0.2) is 4.98 Å². The number of oxazole rings is 1. The van der Waals surface area contributed by atoms with Gasteiger partial charge in [-0.15, -0.1) is 22.9 Å². The van der Waals surface area contributed by atoms with Crippen molar-refractivity contribution in [1.82, 2.24) is 4.98 Å². The molecule has 2 heterocycles. The van der Waals surface area contributed by atoms with Crippen molar-refractivity contribution in [3.63, 3.8) is 0 Å². The van der Waals surface area contributed by atoms with E-state index in [9.17, 15) is 0 Å². The van der Waals surface area contributed by atoms with Crippen LogP contribution in [-0.4, -0.2) is 10.9 Å². The van der Waals surface area contributed by atoms with Crippen molar-refractivity contribution in [1.29, 1.82) is 0 Å². The maximum absolute atomic E-state index is 5.66. The highest BCUT2D eigenvalue weighted by atomic mass is 35.5. The van der Waals surface area contributed by atoms with Gasteiger partial charge in [0.15, 0.2) is 11.7 Å². The van der Waals surface area contributed by atoms with Crippen LogP contribution in [0.2, 0.25) is 0 Å². The Hall–Kier alpha value is -0.800. The molecular weight excluding hydrogens is 242 g/mol. The first-order valence-corrected chi connectivity index (χ1v) is 6.84. The van der Waals surface area contributed by atoms with Crippen LogP contribution >= 0.6 is 22.9 Å². The molecule has 1 aliphatic carbocycles. The second-order valence-electron chi connectivity index (χ2n) is 3.97. The largest absolute Gasteiger partial charge is 0.440 e. The van der Waals surface area contributed by atoms with Crippen LogP contribution in [0.1, 0.15) is 22.8 Å². The molecule has 0 atom stereocenters. The molecule has 0 aliphatic heterocycles. The fourth-order valence-corrected chi connectivity index (χ4v) is 3.43. The highest BCUT2D eigenvalue weighted by Crippen LogP contribution is 2.36. The lowest BCUT2D eigenvalue weighted by molar-refractivity contribution is 0.515. The number of nitrogens with zero attached hydrogens (tertiary/aromatic N) is 1. The Bertz CT molecular complexity index is 481. The number of hydrogen-bond donors (Lipinski definition) is 0. The van der Waals surface area contributed by atoms with Crippen molar-refractivity contribution in [2.24, 2.45) is 0 Å². The Morgan fingerprint density at radius 1 is 1.44 bits per heavy atom. The molecule has 2 nitrogen and oxygen atoms in total. The summed E-state index contributed by atoms with van der Waals surface area (Å²) in [6, 6.07) is 2.25. The minimum atomic E-state index is 0.556. The van der Waals surface area contributed by atoms with Gasteiger partial charge in [-0.1, -0.05) is 0 Å². The second-order valence-corrected chi connectivity index (χ2v) is 5.48. The van der Waals surface area contributed by atoms with E-state index in [-0.39, 0.29) is 0 Å². The zero-order valence-electron chi connectivity index (χ0n) is 8.83. The lowest BCUT2D eigenvalue weighted by Gasteiger charge is -1.90. The summed E-state index contributed by atoms with van der Waals surface area (Å²) < 4.78 is 5.66. The minimum absolute atomic E-state index is 0.556. The molecule has 0 fully saturated rings. The van der Waals surface area contributed by atoms with E-state index in [0.29, 0.717) is 12.3 Å². The summed E-state index contributed by atoms with van der Waals surface area (Å²) in [5.74, 6) is 2.18. The second kappa shape index (κ2) is 4.22. The van der Waals surface area contributed by atoms with Gasteiger partial charge in [0, 0.05) is 17.2 Å². The van der Waals surface area contributed by atoms with Crippen LogP contribution in [0.5, 0.6) is 0 Å². The molecule has 0 amide bonds. The molecule has 2 aromatic heterocycles. The molecule has 16 heavy (non-hydrogen) atoms. The van der Waals surface area contributed by atoms with Crippen molar-refractivity contribution < 1.29 is 4.42 Å². The molecule has 0 bridgehead atoms. The van der Waals surface area contributed by atoms with Gasteiger partial charge in [0.05, 0.1) is 11.1 Å². The van der Waals surface area contributed by atoms with Crippen LogP contribution in [0, 0.1) is 0 Å². The van der Waals surface area contributed by atoms with Gasteiger partial charge in [-0.05, 0) is 30.9 Å². The summed E-state index contributed by atoms with van der Waals surface area (Å²) in [5.41, 5.74) is 1.50. The number of aromatic nitrogens is 1. The first kappa shape index (κ1) is 10.4. The summed E-state index contributed by atoms with van der Waals surface area (Å²) in [5, 5.41) is 0. The van der Waals surface area contributed by atoms with Crippen LogP contribution in [0.15, 0.2) is 16.7 Å². The molecular formula is C12H12ClNOS. The van der Waals surface area contributed by atoms with Crippen LogP contribution in [-0.2, 0) is 19.3 Å². The van der Waals surface area contributed by atoms with E-state index < -0.39 is 0 Å². The van der Waals surface area contributed by atoms with Crippen molar-refractivity contribution in [3.05, 3.63) is 28.6 Å². The highest BCUT2D eigenvalue weighted by molar-refractivity contribution is 7.15. The van der Waals surface area contributed by atoms with Crippen LogP contribution in [0.4, 0.5) is 0 Å². The van der Waals surface area contributed by atoms with E-state index in [4.69, 9.17) is 16.0 Å². The Kier molecular flexibility index (Phi) is 2.74. The Morgan fingerprint density at radius 3 is 3.19 bits per heavy atom. The molecule has 2 aromatic rings. The summed E-state index contributed by atoms with van der Waals surface area (Å²) in [6.45, 7) is 0. The van der Waals surface area contributed by atoms with E-state index in [1.165, 1.54) is 34.6 Å². The minimum Gasteiger partial charge on any atom is -0.440 e. The van der Waals surface area contributed by atoms with Gasteiger partial charge >= 0.3 is 0 Å². The molecule has 0 unspecified atom stereocenters. The lowest BCUT2D eigenvalue weighted by atomic mass is 10.2. The maximum Gasteiger partial charge on any atom is 0.196 e. The van der Waals surface area contributed by atoms with E-state index in [2.05, 4.69) is 11.1 Å². The summed E-state index contributed by atoms with van der Waals surface area (Å²) in [6.07, 6.45) is 6.25. The zero-order valence-corrected chi connectivity index (χ0v) is 10.4. The fourth-order valence-electron chi connectivity index (χ4n) is 2.07. The summed E-state index contributed by atoms with van der Waals surface area (Å²) in [4.78, 5) is 6.95. The molecule has 0 radical (unpaired) electrons. The number of aryl methyl sites for hydroxylation is 3. The maximum atomic E-state index is 5.66. The van der Waals surface area contributed by atoms with Crippen molar-refractivity contribution in [2.75, 3.05) is 5.88 Å². The lowest BCUT2D eigenvalue weighted by Crippen LogP contribution is -1.83. The standard InChI is InChI=1S/C12H12ClNOS/c13-5-4-12-14-7-9(15-12)11-6-8-2-1-3-10(8)16-11/h6-7H,1-5H2. The number of hydrogen-bond acceptors (Lipinski definition) is 3. The van der Waals surface area contributed by atoms with Gasteiger partial charge in [0.2, 0.25) is 0 Å². The van der Waals surface area contributed by atoms with E-state index in [1.54, 1.807) is 0 Å². The summed E-state index contributed by atoms with van der Waals surface area (Å²) in [7, 11) is 0. The smallest absolute Gasteiger partial charge is 0.196 e. The van der Waals surface area contributed by atoms with Crippen LogP contribution in [0.3, 0.4) is 0 Å². The van der Waals surface area contributed by atoms with Crippen LogP contribution in [0.25, 0.3) is 10.6 Å². The first-order chi connectivity index (χ1) is 7.86. The Balaban J connectivity index is 1.89. The molecule has 84 valence electrons. The third kappa shape index (κ3) is 1.78. The fraction of sp³-hybridized carbons (Fsp3) is 0.417. The first-order valence-electron chi connectivity index (χ1n) is 5.49. The predicted octanol–water partition coefficient (Wildman–Crippen LogP) is 3.67. The zero-order chi connectivity index (χ0) is 11.0. The van der Waals surface area contributed by atoms with Gasteiger partial charge in [-0.2, -0.15) is 0 Å². The van der Waals surface area contributed by atoms with Gasteiger partial charge in [-0.3, -0.25) is 0 Å². The van der Waals surface area contributed by atoms with Crippen molar-refractivity contribution in [3.8, 4) is 10.6 Å². The van der Waals surface area contributed by atoms with Gasteiger partial charge in [0.1, 0.15) is 0 Å². The number of halogens is 1. The SMILES string of the molecule is ClCCc1ncc(-c2cc3c(s2)CCC3)o1. The average molecular weight is 254 g/mol. The quantitative estimate of drug-likeness (QED) is 0.780. The number of alkyl halides is 1. The third-order valence-electron chi connectivity index (χ3n) is 2.85. The van der Waals surface area contributed by atoms with E-state index >= 15 is 0 Å². The third-order valence-corrected chi connectivity index (χ3v) is 4.29. The van der Waals surface area contributed by atoms with Gasteiger partial charge < -0.3 is 4.42 Å². The highest BCUT2D eigenvalue weighted by Gasteiger charge is 2.17. The molecule has 0 saturated carbocycles. The molecule has 0 N–H and O–H groups in total. The number of fused-ring (bicyclic) bond motifs is 1. The molecule has 1 aliphatic rings. The molecule has 0 spiro atoms. The average Bonchev–Trinajstić information content (AvgIpc) is 2.88.